The minimum Gasteiger partial charge on any atom is -0.336 e. The van der Waals surface area contributed by atoms with Gasteiger partial charge in [0.1, 0.15) is 5.69 Å². The molecule has 0 unspecified atom stereocenters. The minimum absolute atomic E-state index is 0.154. The summed E-state index contributed by atoms with van der Waals surface area (Å²) in [5.41, 5.74) is 3.49. The Morgan fingerprint density at radius 3 is 2.92 bits per heavy atom. The molecule has 7 heteroatoms. The van der Waals surface area contributed by atoms with Crippen LogP contribution in [0, 0.1) is 6.92 Å². The molecule has 3 heterocycles. The summed E-state index contributed by atoms with van der Waals surface area (Å²) in [6.07, 6.45) is 8.87. The van der Waals surface area contributed by atoms with E-state index in [1.54, 1.807) is 41.0 Å². The summed E-state index contributed by atoms with van der Waals surface area (Å²) in [6, 6.07) is 9.91. The fraction of sp³-hybridized carbons (Fsp3) is 0.158. The molecule has 0 saturated carbocycles. The molecule has 0 aliphatic heterocycles. The van der Waals surface area contributed by atoms with Gasteiger partial charge in [-0.25, -0.2) is 14.6 Å². The Labute approximate surface area is 150 Å². The van der Waals surface area contributed by atoms with Gasteiger partial charge < -0.3 is 4.90 Å². The standard InChI is InChI=1S/C19H18N6O/c1-14-5-3-6-16(9-14)25-12-15(10-21-25)11-23(2)18(26)17-13-24-8-4-7-20-19(24)22-17/h3-10,12-13H,11H2,1-2H3. The van der Waals surface area contributed by atoms with Crippen molar-refractivity contribution in [1.29, 1.82) is 0 Å². The van der Waals surface area contributed by atoms with Gasteiger partial charge in [-0.3, -0.25) is 9.20 Å². The molecule has 0 bridgehead atoms. The van der Waals surface area contributed by atoms with Crippen LogP contribution in [-0.4, -0.2) is 42.0 Å². The van der Waals surface area contributed by atoms with Crippen molar-refractivity contribution < 1.29 is 4.79 Å². The lowest BCUT2D eigenvalue weighted by Crippen LogP contribution is -2.26. The predicted molar refractivity (Wildman–Crippen MR) is 97.1 cm³/mol. The third-order valence-corrected chi connectivity index (χ3v) is 4.12. The zero-order chi connectivity index (χ0) is 18.1. The number of aromatic nitrogens is 5. The summed E-state index contributed by atoms with van der Waals surface area (Å²) in [5, 5.41) is 4.40. The van der Waals surface area contributed by atoms with E-state index >= 15 is 0 Å². The lowest BCUT2D eigenvalue weighted by Gasteiger charge is -2.14. The fourth-order valence-electron chi connectivity index (χ4n) is 2.83. The number of hydrogen-bond donors (Lipinski definition) is 0. The molecule has 0 N–H and O–H groups in total. The van der Waals surface area contributed by atoms with Crippen molar-refractivity contribution in [3.05, 3.63) is 78.1 Å². The third kappa shape index (κ3) is 3.06. The molecule has 0 aliphatic rings. The van der Waals surface area contributed by atoms with E-state index < -0.39 is 0 Å². The van der Waals surface area contributed by atoms with Gasteiger partial charge in [0.2, 0.25) is 5.78 Å². The number of hydrogen-bond acceptors (Lipinski definition) is 4. The van der Waals surface area contributed by atoms with E-state index in [0.717, 1.165) is 11.3 Å². The van der Waals surface area contributed by atoms with Crippen LogP contribution in [0.2, 0.25) is 0 Å². The summed E-state index contributed by atoms with van der Waals surface area (Å²) >= 11 is 0. The highest BCUT2D eigenvalue weighted by Crippen LogP contribution is 2.13. The molecule has 0 spiro atoms. The monoisotopic (exact) mass is 346 g/mol. The largest absolute Gasteiger partial charge is 0.336 e. The Morgan fingerprint density at radius 1 is 1.23 bits per heavy atom. The van der Waals surface area contributed by atoms with Crippen LogP contribution in [0.25, 0.3) is 11.5 Å². The van der Waals surface area contributed by atoms with E-state index in [1.807, 2.05) is 42.2 Å². The van der Waals surface area contributed by atoms with Crippen LogP contribution in [0.15, 0.2) is 61.3 Å². The van der Waals surface area contributed by atoms with Gasteiger partial charge in [-0.05, 0) is 30.7 Å². The number of amides is 1. The average molecular weight is 346 g/mol. The second kappa shape index (κ2) is 6.44. The van der Waals surface area contributed by atoms with Crippen LogP contribution in [0.4, 0.5) is 0 Å². The molecule has 0 atom stereocenters. The van der Waals surface area contributed by atoms with Gasteiger partial charge in [0.05, 0.1) is 11.9 Å². The molecule has 4 rings (SSSR count). The first kappa shape index (κ1) is 16.0. The van der Waals surface area contributed by atoms with Crippen molar-refractivity contribution in [2.45, 2.75) is 13.5 Å². The van der Waals surface area contributed by atoms with Crippen LogP contribution in [0.5, 0.6) is 0 Å². The Hall–Kier alpha value is -3.48. The molecule has 0 fully saturated rings. The lowest BCUT2D eigenvalue weighted by atomic mass is 10.2. The Balaban J connectivity index is 1.51. The molecule has 0 radical (unpaired) electrons. The van der Waals surface area contributed by atoms with Gasteiger partial charge in [0.15, 0.2) is 0 Å². The average Bonchev–Trinajstić information content (AvgIpc) is 3.27. The summed E-state index contributed by atoms with van der Waals surface area (Å²) in [4.78, 5) is 22.7. The molecular formula is C19H18N6O. The Morgan fingerprint density at radius 2 is 2.12 bits per heavy atom. The van der Waals surface area contributed by atoms with Crippen molar-refractivity contribution in [2.24, 2.45) is 0 Å². The molecule has 26 heavy (non-hydrogen) atoms. The van der Waals surface area contributed by atoms with Gasteiger partial charge in [0, 0.05) is 43.9 Å². The van der Waals surface area contributed by atoms with Crippen molar-refractivity contribution in [1.82, 2.24) is 29.0 Å². The van der Waals surface area contributed by atoms with E-state index in [-0.39, 0.29) is 5.91 Å². The number of nitrogens with zero attached hydrogens (tertiary/aromatic N) is 6. The Bertz CT molecular complexity index is 1050. The maximum absolute atomic E-state index is 12.6. The number of fused-ring (bicyclic) bond motifs is 1. The molecule has 3 aromatic heterocycles. The highest BCUT2D eigenvalue weighted by Gasteiger charge is 2.17. The fourth-order valence-corrected chi connectivity index (χ4v) is 2.83. The maximum Gasteiger partial charge on any atom is 0.274 e. The molecule has 130 valence electrons. The quantitative estimate of drug-likeness (QED) is 0.569. The second-order valence-corrected chi connectivity index (χ2v) is 6.25. The highest BCUT2D eigenvalue weighted by atomic mass is 16.2. The first-order valence-electron chi connectivity index (χ1n) is 8.26. The van der Waals surface area contributed by atoms with Crippen molar-refractivity contribution in [3.8, 4) is 5.69 Å². The molecule has 1 amide bonds. The zero-order valence-electron chi connectivity index (χ0n) is 14.6. The number of carbonyl (C=O) groups excluding carboxylic acids is 1. The Kier molecular flexibility index (Phi) is 3.96. The maximum atomic E-state index is 12.6. The van der Waals surface area contributed by atoms with E-state index in [0.29, 0.717) is 18.0 Å². The molecule has 0 saturated heterocycles. The third-order valence-electron chi connectivity index (χ3n) is 4.12. The first-order chi connectivity index (χ1) is 12.6. The van der Waals surface area contributed by atoms with Gasteiger partial charge in [-0.15, -0.1) is 0 Å². The molecule has 1 aromatic carbocycles. The first-order valence-corrected chi connectivity index (χ1v) is 8.26. The number of imidazole rings is 1. The second-order valence-electron chi connectivity index (χ2n) is 6.25. The molecule has 7 nitrogen and oxygen atoms in total. The van der Waals surface area contributed by atoms with Crippen molar-refractivity contribution in [3.63, 3.8) is 0 Å². The van der Waals surface area contributed by atoms with Gasteiger partial charge in [0.25, 0.3) is 5.91 Å². The minimum atomic E-state index is -0.154. The van der Waals surface area contributed by atoms with Gasteiger partial charge in [-0.1, -0.05) is 12.1 Å². The topological polar surface area (TPSA) is 68.3 Å². The summed E-state index contributed by atoms with van der Waals surface area (Å²) in [5.74, 6) is 0.357. The molecule has 4 aromatic rings. The lowest BCUT2D eigenvalue weighted by molar-refractivity contribution is 0.0780. The van der Waals surface area contributed by atoms with Gasteiger partial charge >= 0.3 is 0 Å². The van der Waals surface area contributed by atoms with Crippen LogP contribution in [0.3, 0.4) is 0 Å². The number of carbonyl (C=O) groups is 1. The number of aryl methyl sites for hydroxylation is 1. The molecular weight excluding hydrogens is 328 g/mol. The zero-order valence-corrected chi connectivity index (χ0v) is 14.6. The van der Waals surface area contributed by atoms with E-state index in [1.165, 1.54) is 5.56 Å². The van der Waals surface area contributed by atoms with E-state index in [2.05, 4.69) is 21.1 Å². The highest BCUT2D eigenvalue weighted by molar-refractivity contribution is 5.92. The predicted octanol–water partition coefficient (Wildman–Crippen LogP) is 2.50. The SMILES string of the molecule is Cc1cccc(-n2cc(CN(C)C(=O)c3cn4cccnc4n3)cn2)c1. The number of benzene rings is 1. The normalized spacial score (nSPS) is 11.0. The molecule has 0 aliphatic carbocycles. The van der Waals surface area contributed by atoms with E-state index in [9.17, 15) is 4.79 Å². The summed E-state index contributed by atoms with van der Waals surface area (Å²) in [6.45, 7) is 2.50. The summed E-state index contributed by atoms with van der Waals surface area (Å²) in [7, 11) is 1.75. The smallest absolute Gasteiger partial charge is 0.274 e. The van der Waals surface area contributed by atoms with Crippen LogP contribution < -0.4 is 0 Å². The van der Waals surface area contributed by atoms with Crippen LogP contribution >= 0.6 is 0 Å². The van der Waals surface area contributed by atoms with Crippen molar-refractivity contribution >= 4 is 11.7 Å². The van der Waals surface area contributed by atoms with Crippen molar-refractivity contribution in [2.75, 3.05) is 7.05 Å². The van der Waals surface area contributed by atoms with Crippen LogP contribution in [-0.2, 0) is 6.54 Å². The van der Waals surface area contributed by atoms with Crippen LogP contribution in [0.1, 0.15) is 21.6 Å². The summed E-state index contributed by atoms with van der Waals surface area (Å²) < 4.78 is 3.55. The van der Waals surface area contributed by atoms with E-state index in [4.69, 9.17) is 0 Å². The number of rotatable bonds is 4. The van der Waals surface area contributed by atoms with Gasteiger partial charge in [-0.2, -0.15) is 5.10 Å².